The quantitative estimate of drug-likeness (QED) is 0.714. The number of nitrogens with one attached hydrogen (secondary N) is 1. The van der Waals surface area contributed by atoms with Crippen LogP contribution >= 0.6 is 0 Å². The SMILES string of the molecule is CC(C)(C)OC(=O)C1CCCC12CCCNC2. The minimum Gasteiger partial charge on any atom is -0.460 e. The van der Waals surface area contributed by atoms with Crippen molar-refractivity contribution in [3.63, 3.8) is 0 Å². The van der Waals surface area contributed by atoms with Crippen molar-refractivity contribution in [1.29, 1.82) is 0 Å². The first kappa shape index (κ1) is 12.9. The third-order valence-corrected chi connectivity index (χ3v) is 4.10. The fraction of sp³-hybridized carbons (Fsp3) is 0.929. The van der Waals surface area contributed by atoms with Crippen LogP contribution in [0.1, 0.15) is 52.9 Å². The lowest BCUT2D eigenvalue weighted by Gasteiger charge is -2.39. The maximum absolute atomic E-state index is 12.3. The number of hydrogen-bond donors (Lipinski definition) is 1. The molecule has 1 aliphatic heterocycles. The molecule has 17 heavy (non-hydrogen) atoms. The Morgan fingerprint density at radius 2 is 2.00 bits per heavy atom. The second-order valence-electron chi connectivity index (χ2n) is 6.62. The third kappa shape index (κ3) is 2.82. The molecule has 0 radical (unpaired) electrons. The molecule has 1 N–H and O–H groups in total. The summed E-state index contributed by atoms with van der Waals surface area (Å²) in [6.07, 6.45) is 5.75. The number of carbonyl (C=O) groups excluding carboxylic acids is 1. The molecule has 1 aliphatic carbocycles. The number of piperidine rings is 1. The van der Waals surface area contributed by atoms with Gasteiger partial charge >= 0.3 is 5.97 Å². The second kappa shape index (κ2) is 4.60. The van der Waals surface area contributed by atoms with Gasteiger partial charge in [-0.1, -0.05) is 6.42 Å². The lowest BCUT2D eigenvalue weighted by molar-refractivity contribution is -0.164. The molecule has 98 valence electrons. The van der Waals surface area contributed by atoms with Gasteiger partial charge in [0.05, 0.1) is 5.92 Å². The van der Waals surface area contributed by atoms with Crippen molar-refractivity contribution in [3.8, 4) is 0 Å². The van der Waals surface area contributed by atoms with E-state index in [0.717, 1.165) is 19.5 Å². The Hall–Kier alpha value is -0.570. The highest BCUT2D eigenvalue weighted by molar-refractivity contribution is 5.74. The lowest BCUT2D eigenvalue weighted by Crippen LogP contribution is -2.46. The first-order valence-corrected chi connectivity index (χ1v) is 6.87. The zero-order chi connectivity index (χ0) is 12.5. The maximum atomic E-state index is 12.3. The molecule has 0 amide bonds. The molecule has 0 aromatic heterocycles. The molecule has 0 aromatic rings. The summed E-state index contributed by atoms with van der Waals surface area (Å²) >= 11 is 0. The highest BCUT2D eigenvalue weighted by atomic mass is 16.6. The van der Waals surface area contributed by atoms with E-state index in [1.54, 1.807) is 0 Å². The minimum absolute atomic E-state index is 0.0266. The molecule has 2 rings (SSSR count). The predicted molar refractivity (Wildman–Crippen MR) is 67.7 cm³/mol. The minimum atomic E-state index is -0.358. The van der Waals surface area contributed by atoms with Crippen LogP contribution in [0.15, 0.2) is 0 Å². The van der Waals surface area contributed by atoms with Gasteiger partial charge in [0, 0.05) is 6.54 Å². The lowest BCUT2D eigenvalue weighted by atomic mass is 9.72. The molecule has 2 aliphatic rings. The van der Waals surface area contributed by atoms with Crippen LogP contribution in [0.25, 0.3) is 0 Å². The molecule has 1 saturated heterocycles. The number of ether oxygens (including phenoxy) is 1. The van der Waals surface area contributed by atoms with E-state index in [1.165, 1.54) is 25.7 Å². The fourth-order valence-corrected chi connectivity index (χ4v) is 3.38. The standard InChI is InChI=1S/C14H25NO2/c1-13(2,3)17-12(16)11-6-4-7-14(11)8-5-9-15-10-14/h11,15H,4-10H2,1-3H3. The van der Waals surface area contributed by atoms with Gasteiger partial charge in [0.1, 0.15) is 5.60 Å². The van der Waals surface area contributed by atoms with Crippen LogP contribution in [0.3, 0.4) is 0 Å². The normalized spacial score (nSPS) is 33.9. The molecule has 2 unspecified atom stereocenters. The first-order valence-electron chi connectivity index (χ1n) is 6.87. The zero-order valence-electron chi connectivity index (χ0n) is 11.3. The van der Waals surface area contributed by atoms with Gasteiger partial charge in [-0.05, 0) is 58.4 Å². The molecule has 0 aromatic carbocycles. The van der Waals surface area contributed by atoms with Crippen molar-refractivity contribution in [2.75, 3.05) is 13.1 Å². The predicted octanol–water partition coefficient (Wildman–Crippen LogP) is 2.50. The molecule has 1 spiro atoms. The summed E-state index contributed by atoms with van der Waals surface area (Å²) in [6, 6.07) is 0. The highest BCUT2D eigenvalue weighted by Crippen LogP contribution is 2.48. The van der Waals surface area contributed by atoms with Crippen LogP contribution in [-0.2, 0) is 9.53 Å². The van der Waals surface area contributed by atoms with Crippen LogP contribution < -0.4 is 5.32 Å². The maximum Gasteiger partial charge on any atom is 0.310 e. The second-order valence-corrected chi connectivity index (χ2v) is 6.62. The summed E-state index contributed by atoms with van der Waals surface area (Å²) < 4.78 is 5.58. The van der Waals surface area contributed by atoms with Crippen molar-refractivity contribution in [3.05, 3.63) is 0 Å². The van der Waals surface area contributed by atoms with Crippen molar-refractivity contribution in [1.82, 2.24) is 5.32 Å². The summed E-state index contributed by atoms with van der Waals surface area (Å²) in [4.78, 5) is 12.3. The topological polar surface area (TPSA) is 38.3 Å². The molecule has 3 heteroatoms. The van der Waals surface area contributed by atoms with E-state index in [0.29, 0.717) is 0 Å². The van der Waals surface area contributed by atoms with Gasteiger partial charge in [-0.25, -0.2) is 0 Å². The Morgan fingerprint density at radius 1 is 1.29 bits per heavy atom. The Morgan fingerprint density at radius 3 is 2.59 bits per heavy atom. The van der Waals surface area contributed by atoms with Gasteiger partial charge in [0.25, 0.3) is 0 Å². The Balaban J connectivity index is 2.06. The van der Waals surface area contributed by atoms with Gasteiger partial charge in [-0.15, -0.1) is 0 Å². The number of rotatable bonds is 1. The smallest absolute Gasteiger partial charge is 0.310 e. The summed E-state index contributed by atoms with van der Waals surface area (Å²) in [5.41, 5.74) is -0.163. The molecular weight excluding hydrogens is 214 g/mol. The summed E-state index contributed by atoms with van der Waals surface area (Å²) in [5, 5.41) is 3.46. The van der Waals surface area contributed by atoms with Crippen LogP contribution in [0.2, 0.25) is 0 Å². The molecule has 2 fully saturated rings. The molecule has 0 bridgehead atoms. The van der Waals surface area contributed by atoms with E-state index < -0.39 is 0 Å². The van der Waals surface area contributed by atoms with E-state index in [1.807, 2.05) is 20.8 Å². The van der Waals surface area contributed by atoms with Gasteiger partial charge in [0.2, 0.25) is 0 Å². The van der Waals surface area contributed by atoms with E-state index in [4.69, 9.17) is 4.74 Å². The van der Waals surface area contributed by atoms with E-state index in [-0.39, 0.29) is 22.9 Å². The number of carbonyl (C=O) groups is 1. The van der Waals surface area contributed by atoms with Crippen LogP contribution in [0, 0.1) is 11.3 Å². The molecule has 2 atom stereocenters. The van der Waals surface area contributed by atoms with Crippen molar-refractivity contribution in [2.24, 2.45) is 11.3 Å². The highest BCUT2D eigenvalue weighted by Gasteiger charge is 2.48. The van der Waals surface area contributed by atoms with Crippen LogP contribution in [0.5, 0.6) is 0 Å². The Kier molecular flexibility index (Phi) is 3.48. The van der Waals surface area contributed by atoms with Crippen molar-refractivity contribution in [2.45, 2.75) is 58.5 Å². The van der Waals surface area contributed by atoms with Gasteiger partial charge in [-0.3, -0.25) is 4.79 Å². The van der Waals surface area contributed by atoms with E-state index >= 15 is 0 Å². The monoisotopic (exact) mass is 239 g/mol. The summed E-state index contributed by atoms with van der Waals surface area (Å²) in [6.45, 7) is 7.95. The Bertz CT molecular complexity index is 287. The average Bonchev–Trinajstić information content (AvgIpc) is 2.60. The first-order chi connectivity index (χ1) is 7.93. The largest absolute Gasteiger partial charge is 0.460 e. The number of esters is 1. The fourth-order valence-electron chi connectivity index (χ4n) is 3.38. The molecule has 1 heterocycles. The molecule has 3 nitrogen and oxygen atoms in total. The van der Waals surface area contributed by atoms with Gasteiger partial charge in [-0.2, -0.15) is 0 Å². The van der Waals surface area contributed by atoms with Crippen LogP contribution in [-0.4, -0.2) is 24.7 Å². The number of hydrogen-bond acceptors (Lipinski definition) is 3. The van der Waals surface area contributed by atoms with Gasteiger partial charge < -0.3 is 10.1 Å². The summed E-state index contributed by atoms with van der Waals surface area (Å²) in [7, 11) is 0. The third-order valence-electron chi connectivity index (χ3n) is 4.10. The molecule has 1 saturated carbocycles. The van der Waals surface area contributed by atoms with E-state index in [9.17, 15) is 4.79 Å². The zero-order valence-corrected chi connectivity index (χ0v) is 11.3. The van der Waals surface area contributed by atoms with Crippen molar-refractivity contribution >= 4 is 5.97 Å². The Labute approximate surface area is 104 Å². The summed E-state index contributed by atoms with van der Waals surface area (Å²) in [5.74, 6) is 0.147. The average molecular weight is 239 g/mol. The van der Waals surface area contributed by atoms with Gasteiger partial charge in [0.15, 0.2) is 0 Å². The van der Waals surface area contributed by atoms with Crippen molar-refractivity contribution < 1.29 is 9.53 Å². The van der Waals surface area contributed by atoms with Crippen LogP contribution in [0.4, 0.5) is 0 Å². The molecular formula is C14H25NO2. The van der Waals surface area contributed by atoms with E-state index in [2.05, 4.69) is 5.32 Å².